The number of halogens is 1. The van der Waals surface area contributed by atoms with Gasteiger partial charge in [-0.25, -0.2) is 0 Å². The molecule has 7 heteroatoms. The van der Waals surface area contributed by atoms with E-state index in [-0.39, 0.29) is 30.1 Å². The molecule has 3 rings (SSSR count). The smallest absolute Gasteiger partial charge is 0.227 e. The monoisotopic (exact) mass is 399 g/mol. The first kappa shape index (κ1) is 19.9. The van der Waals surface area contributed by atoms with Crippen molar-refractivity contribution in [2.24, 2.45) is 5.92 Å². The van der Waals surface area contributed by atoms with Gasteiger partial charge in [0.1, 0.15) is 0 Å². The van der Waals surface area contributed by atoms with Crippen LogP contribution in [0.3, 0.4) is 0 Å². The Bertz CT molecular complexity index is 865. The third-order valence-electron chi connectivity index (χ3n) is 4.62. The average Bonchev–Trinajstić information content (AvgIpc) is 3.05. The molecular weight excluding hydrogens is 378 g/mol. The van der Waals surface area contributed by atoms with Crippen LogP contribution in [0.25, 0.3) is 0 Å². The summed E-state index contributed by atoms with van der Waals surface area (Å²) in [5.74, 6) is -0.710. The number of carbonyl (C=O) groups excluding carboxylic acids is 3. The van der Waals surface area contributed by atoms with E-state index >= 15 is 0 Å². The zero-order chi connectivity index (χ0) is 20.1. The van der Waals surface area contributed by atoms with Crippen molar-refractivity contribution in [2.45, 2.75) is 19.8 Å². The van der Waals surface area contributed by atoms with Crippen molar-refractivity contribution in [3.63, 3.8) is 0 Å². The summed E-state index contributed by atoms with van der Waals surface area (Å²) < 4.78 is 0. The first-order valence-electron chi connectivity index (χ1n) is 9.12. The molecule has 0 aromatic heterocycles. The van der Waals surface area contributed by atoms with Gasteiger partial charge in [-0.05, 0) is 48.4 Å². The summed E-state index contributed by atoms with van der Waals surface area (Å²) in [4.78, 5) is 37.5. The van der Waals surface area contributed by atoms with Crippen molar-refractivity contribution in [2.75, 3.05) is 23.3 Å². The molecule has 2 aromatic rings. The Morgan fingerprint density at radius 1 is 1.11 bits per heavy atom. The van der Waals surface area contributed by atoms with E-state index in [1.54, 1.807) is 29.2 Å². The molecule has 1 heterocycles. The molecule has 3 amide bonds. The highest BCUT2D eigenvalue weighted by Crippen LogP contribution is 2.26. The zero-order valence-corrected chi connectivity index (χ0v) is 16.3. The third kappa shape index (κ3) is 5.10. The quantitative estimate of drug-likeness (QED) is 0.783. The van der Waals surface area contributed by atoms with Crippen molar-refractivity contribution >= 4 is 40.7 Å². The Labute approximate surface area is 168 Å². The van der Waals surface area contributed by atoms with Crippen LogP contribution in [-0.2, 0) is 20.8 Å². The molecule has 0 aliphatic carbocycles. The van der Waals surface area contributed by atoms with Gasteiger partial charge in [-0.15, -0.1) is 0 Å². The van der Waals surface area contributed by atoms with E-state index in [4.69, 9.17) is 11.6 Å². The molecule has 28 heavy (non-hydrogen) atoms. The second-order valence-corrected chi connectivity index (χ2v) is 7.24. The van der Waals surface area contributed by atoms with E-state index in [2.05, 4.69) is 10.6 Å². The van der Waals surface area contributed by atoms with Gasteiger partial charge in [0.2, 0.25) is 17.7 Å². The average molecular weight is 400 g/mol. The van der Waals surface area contributed by atoms with E-state index < -0.39 is 0 Å². The van der Waals surface area contributed by atoms with E-state index in [1.165, 1.54) is 6.92 Å². The summed E-state index contributed by atoms with van der Waals surface area (Å²) in [5, 5.41) is 6.28. The van der Waals surface area contributed by atoms with Crippen molar-refractivity contribution in [1.82, 2.24) is 5.32 Å². The molecule has 0 saturated carbocycles. The maximum absolute atomic E-state index is 12.4. The fourth-order valence-electron chi connectivity index (χ4n) is 3.19. The lowest BCUT2D eigenvalue weighted by molar-refractivity contribution is -0.126. The molecule has 0 radical (unpaired) electrons. The van der Waals surface area contributed by atoms with Crippen LogP contribution in [0.4, 0.5) is 11.4 Å². The number of anilines is 2. The van der Waals surface area contributed by atoms with Gasteiger partial charge in [-0.1, -0.05) is 23.7 Å². The number of nitrogens with zero attached hydrogens (tertiary/aromatic N) is 1. The van der Waals surface area contributed by atoms with Crippen molar-refractivity contribution in [3.8, 4) is 0 Å². The van der Waals surface area contributed by atoms with Crippen LogP contribution in [0.15, 0.2) is 48.5 Å². The van der Waals surface area contributed by atoms with Crippen LogP contribution in [0.2, 0.25) is 5.02 Å². The Morgan fingerprint density at radius 2 is 1.79 bits per heavy atom. The normalized spacial score (nSPS) is 16.1. The molecule has 0 bridgehead atoms. The molecule has 2 aromatic carbocycles. The molecule has 1 aliphatic rings. The first-order chi connectivity index (χ1) is 13.4. The van der Waals surface area contributed by atoms with Gasteiger partial charge in [0.15, 0.2) is 0 Å². The molecule has 1 aliphatic heterocycles. The summed E-state index contributed by atoms with van der Waals surface area (Å²) in [6.45, 7) is 2.30. The molecule has 6 nitrogen and oxygen atoms in total. The molecule has 146 valence electrons. The van der Waals surface area contributed by atoms with Crippen molar-refractivity contribution < 1.29 is 14.4 Å². The lowest BCUT2D eigenvalue weighted by atomic mass is 10.1. The summed E-state index contributed by atoms with van der Waals surface area (Å²) in [5.41, 5.74) is 2.48. The SMILES string of the molecule is CC(=O)Nc1ccc(N2CC(C(=O)NCCc3ccc(Cl)cc3)CC2=O)cc1. The number of amides is 3. The van der Waals surface area contributed by atoms with Gasteiger partial charge < -0.3 is 15.5 Å². The van der Waals surface area contributed by atoms with E-state index in [0.29, 0.717) is 30.2 Å². The molecule has 2 N–H and O–H groups in total. The van der Waals surface area contributed by atoms with Crippen molar-refractivity contribution in [1.29, 1.82) is 0 Å². The Hall–Kier alpha value is -2.86. The van der Waals surface area contributed by atoms with Crippen LogP contribution in [0.5, 0.6) is 0 Å². The van der Waals surface area contributed by atoms with Crippen LogP contribution < -0.4 is 15.5 Å². The number of nitrogens with one attached hydrogen (secondary N) is 2. The standard InChI is InChI=1S/C21H22ClN3O3/c1-14(26)24-18-6-8-19(9-7-18)25-13-16(12-20(25)27)21(28)23-11-10-15-2-4-17(22)5-3-15/h2-9,16H,10-13H2,1H3,(H,23,28)(H,24,26). The van der Waals surface area contributed by atoms with Crippen LogP contribution >= 0.6 is 11.6 Å². The molecule has 1 unspecified atom stereocenters. The van der Waals surface area contributed by atoms with Gasteiger partial charge in [-0.2, -0.15) is 0 Å². The largest absolute Gasteiger partial charge is 0.355 e. The number of hydrogen-bond donors (Lipinski definition) is 2. The maximum atomic E-state index is 12.4. The number of benzene rings is 2. The summed E-state index contributed by atoms with van der Waals surface area (Å²) in [7, 11) is 0. The highest BCUT2D eigenvalue weighted by molar-refractivity contribution is 6.30. The minimum Gasteiger partial charge on any atom is -0.355 e. The number of carbonyl (C=O) groups is 3. The first-order valence-corrected chi connectivity index (χ1v) is 9.50. The summed E-state index contributed by atoms with van der Waals surface area (Å²) in [6, 6.07) is 14.5. The molecule has 0 spiro atoms. The second-order valence-electron chi connectivity index (χ2n) is 6.80. The van der Waals surface area contributed by atoms with E-state index in [1.807, 2.05) is 24.3 Å². The number of hydrogen-bond acceptors (Lipinski definition) is 3. The maximum Gasteiger partial charge on any atom is 0.227 e. The zero-order valence-electron chi connectivity index (χ0n) is 15.6. The third-order valence-corrected chi connectivity index (χ3v) is 4.87. The summed E-state index contributed by atoms with van der Waals surface area (Å²) >= 11 is 5.87. The van der Waals surface area contributed by atoms with Crippen molar-refractivity contribution in [3.05, 3.63) is 59.1 Å². The Morgan fingerprint density at radius 3 is 2.43 bits per heavy atom. The number of rotatable bonds is 6. The lowest BCUT2D eigenvalue weighted by Crippen LogP contribution is -2.34. The van der Waals surface area contributed by atoms with Gasteiger partial charge in [0.05, 0.1) is 5.92 Å². The minimum atomic E-state index is -0.368. The van der Waals surface area contributed by atoms with Crippen LogP contribution in [0, 0.1) is 5.92 Å². The van der Waals surface area contributed by atoms with Crippen LogP contribution in [0.1, 0.15) is 18.9 Å². The molecular formula is C21H22ClN3O3. The lowest BCUT2D eigenvalue weighted by Gasteiger charge is -2.17. The topological polar surface area (TPSA) is 78.5 Å². The Balaban J connectivity index is 1.52. The van der Waals surface area contributed by atoms with Gasteiger partial charge in [-0.3, -0.25) is 14.4 Å². The predicted octanol–water partition coefficient (Wildman–Crippen LogP) is 3.01. The molecule has 1 atom stereocenters. The van der Waals surface area contributed by atoms with Gasteiger partial charge in [0.25, 0.3) is 0 Å². The predicted molar refractivity (Wildman–Crippen MR) is 109 cm³/mol. The minimum absolute atomic E-state index is 0.0786. The second kappa shape index (κ2) is 8.89. The fraction of sp³-hybridized carbons (Fsp3) is 0.286. The highest BCUT2D eigenvalue weighted by Gasteiger charge is 2.34. The molecule has 1 saturated heterocycles. The highest BCUT2D eigenvalue weighted by atomic mass is 35.5. The van der Waals surface area contributed by atoms with Crippen LogP contribution in [-0.4, -0.2) is 30.8 Å². The Kier molecular flexibility index (Phi) is 6.31. The van der Waals surface area contributed by atoms with E-state index in [0.717, 1.165) is 11.3 Å². The van der Waals surface area contributed by atoms with E-state index in [9.17, 15) is 14.4 Å². The molecule has 1 fully saturated rings. The van der Waals surface area contributed by atoms with Gasteiger partial charge >= 0.3 is 0 Å². The summed E-state index contributed by atoms with van der Waals surface area (Å²) in [6.07, 6.45) is 0.901. The fourth-order valence-corrected chi connectivity index (χ4v) is 3.31. The van der Waals surface area contributed by atoms with Gasteiger partial charge in [0, 0.05) is 42.8 Å².